The van der Waals surface area contributed by atoms with Gasteiger partial charge in [-0.3, -0.25) is 4.79 Å². The summed E-state index contributed by atoms with van der Waals surface area (Å²) in [4.78, 5) is 10.2. The Labute approximate surface area is 119 Å². The average molecular weight is 320 g/mol. The van der Waals surface area contributed by atoms with Crippen LogP contribution < -0.4 is 9.05 Å². The van der Waals surface area contributed by atoms with Crippen molar-refractivity contribution in [3.63, 3.8) is 0 Å². The lowest BCUT2D eigenvalue weighted by atomic mass is 10.3. The van der Waals surface area contributed by atoms with Crippen molar-refractivity contribution in [2.45, 2.75) is 20.5 Å². The first kappa shape index (κ1) is 16.6. The number of carbonyl (C=O) groups is 1. The van der Waals surface area contributed by atoms with Gasteiger partial charge in [-0.1, -0.05) is 0 Å². The molecule has 2 rings (SSSR count). The molecule has 110 valence electrons. The van der Waals surface area contributed by atoms with Gasteiger partial charge in [0.1, 0.15) is 6.61 Å². The second-order valence-corrected chi connectivity index (χ2v) is 4.00. The van der Waals surface area contributed by atoms with E-state index >= 15 is 0 Å². The molecule has 0 fully saturated rings. The minimum absolute atomic E-state index is 0.146. The molecular formula is C10H14N2O6P2. The maximum atomic E-state index is 10.2. The van der Waals surface area contributed by atoms with Crippen molar-refractivity contribution in [3.8, 4) is 11.8 Å². The van der Waals surface area contributed by atoms with Crippen LogP contribution in [-0.4, -0.2) is 21.7 Å². The molecule has 0 saturated carbocycles. The third-order valence-corrected chi connectivity index (χ3v) is 2.82. The number of carbonyl (C=O) groups excluding carboxylic acids is 1. The molecule has 2 heterocycles. The van der Waals surface area contributed by atoms with E-state index < -0.39 is 0 Å². The van der Waals surface area contributed by atoms with Crippen LogP contribution in [0.1, 0.15) is 27.4 Å². The Morgan fingerprint density at radius 2 is 1.70 bits per heavy atom. The summed E-state index contributed by atoms with van der Waals surface area (Å²) in [7, 11) is 4.08. The zero-order valence-electron chi connectivity index (χ0n) is 10.8. The van der Waals surface area contributed by atoms with Gasteiger partial charge in [-0.05, 0) is 24.2 Å². The number of aldehydes is 1. The number of rotatable bonds is 4. The van der Waals surface area contributed by atoms with Crippen LogP contribution in [0, 0.1) is 13.8 Å². The summed E-state index contributed by atoms with van der Waals surface area (Å²) in [6, 6.07) is 0. The highest BCUT2D eigenvalue weighted by molar-refractivity contribution is 7.10. The van der Waals surface area contributed by atoms with Crippen molar-refractivity contribution < 1.29 is 28.0 Å². The molecular weight excluding hydrogens is 306 g/mol. The monoisotopic (exact) mass is 320 g/mol. The number of hydrogen-bond donors (Lipinski definition) is 1. The fraction of sp³-hybridized carbons (Fsp3) is 0.300. The highest BCUT2D eigenvalue weighted by Crippen LogP contribution is 2.21. The van der Waals surface area contributed by atoms with E-state index in [1.165, 1.54) is 0 Å². The predicted molar refractivity (Wildman–Crippen MR) is 74.5 cm³/mol. The van der Waals surface area contributed by atoms with Crippen molar-refractivity contribution >= 4 is 25.2 Å². The number of aliphatic hydroxyl groups is 1. The summed E-state index contributed by atoms with van der Waals surface area (Å²) in [6.45, 7) is 3.31. The standard InChI is InChI=1S/C5H8NO3P.C5H6NO3P/c2*1-3-4(2-7)8-6-5(3)9-10/h7H,2,10H2,1H3;2H,10H2,1H3. The smallest absolute Gasteiger partial charge is 0.259 e. The first-order valence-electron chi connectivity index (χ1n) is 5.29. The van der Waals surface area contributed by atoms with Gasteiger partial charge in [-0.25, -0.2) is 0 Å². The van der Waals surface area contributed by atoms with Gasteiger partial charge in [0, 0.05) is 0 Å². The van der Waals surface area contributed by atoms with E-state index in [9.17, 15) is 4.79 Å². The van der Waals surface area contributed by atoms with Gasteiger partial charge in [0.2, 0.25) is 5.76 Å². The van der Waals surface area contributed by atoms with Crippen LogP contribution in [0.25, 0.3) is 0 Å². The van der Waals surface area contributed by atoms with E-state index in [2.05, 4.69) is 28.8 Å². The fourth-order valence-corrected chi connectivity index (χ4v) is 1.60. The largest absolute Gasteiger partial charge is 0.461 e. The van der Waals surface area contributed by atoms with Crippen molar-refractivity contribution in [2.24, 2.45) is 0 Å². The van der Waals surface area contributed by atoms with Gasteiger partial charge in [0.05, 0.1) is 30.1 Å². The second kappa shape index (κ2) is 7.94. The van der Waals surface area contributed by atoms with Crippen LogP contribution >= 0.6 is 18.9 Å². The maximum Gasteiger partial charge on any atom is 0.259 e. The average Bonchev–Trinajstić information content (AvgIpc) is 3.01. The van der Waals surface area contributed by atoms with Crippen LogP contribution in [0.2, 0.25) is 0 Å². The van der Waals surface area contributed by atoms with Crippen LogP contribution in [0.4, 0.5) is 0 Å². The summed E-state index contributed by atoms with van der Waals surface area (Å²) < 4.78 is 18.7. The summed E-state index contributed by atoms with van der Waals surface area (Å²) in [5.74, 6) is 1.37. The molecule has 0 aliphatic rings. The van der Waals surface area contributed by atoms with Crippen LogP contribution in [-0.2, 0) is 6.61 Å². The van der Waals surface area contributed by atoms with Gasteiger partial charge in [-0.2, -0.15) is 0 Å². The summed E-state index contributed by atoms with van der Waals surface area (Å²) in [6.07, 6.45) is 0.593. The molecule has 0 aromatic carbocycles. The van der Waals surface area contributed by atoms with Crippen LogP contribution in [0.15, 0.2) is 9.05 Å². The quantitative estimate of drug-likeness (QED) is 0.668. The van der Waals surface area contributed by atoms with E-state index in [1.807, 2.05) is 9.47 Å². The van der Waals surface area contributed by atoms with E-state index in [0.717, 1.165) is 5.56 Å². The fourth-order valence-electron chi connectivity index (χ4n) is 1.16. The molecule has 2 aromatic rings. The van der Waals surface area contributed by atoms with E-state index in [-0.39, 0.29) is 12.4 Å². The lowest BCUT2D eigenvalue weighted by molar-refractivity contribution is 0.109. The molecule has 20 heavy (non-hydrogen) atoms. The highest BCUT2D eigenvalue weighted by atomic mass is 31.0. The molecule has 8 nitrogen and oxygen atoms in total. The maximum absolute atomic E-state index is 10.2. The van der Waals surface area contributed by atoms with Crippen molar-refractivity contribution in [1.82, 2.24) is 10.3 Å². The van der Waals surface area contributed by atoms with E-state index in [4.69, 9.17) is 14.2 Å². The number of aliphatic hydroxyl groups excluding tert-OH is 1. The molecule has 0 bridgehead atoms. The lowest BCUT2D eigenvalue weighted by Crippen LogP contribution is -1.82. The Morgan fingerprint density at radius 1 is 1.15 bits per heavy atom. The molecule has 0 spiro atoms. The molecule has 2 unspecified atom stereocenters. The molecule has 0 aliphatic heterocycles. The molecule has 0 aliphatic carbocycles. The first-order valence-corrected chi connectivity index (χ1v) is 6.24. The van der Waals surface area contributed by atoms with E-state index in [1.54, 1.807) is 13.8 Å². The Morgan fingerprint density at radius 3 is 2.00 bits per heavy atom. The Hall–Kier alpha value is -1.49. The zero-order chi connectivity index (χ0) is 15.1. The predicted octanol–water partition coefficient (Wildman–Crippen LogP) is 1.61. The molecule has 0 radical (unpaired) electrons. The molecule has 1 N–H and O–H groups in total. The highest BCUT2D eigenvalue weighted by Gasteiger charge is 2.10. The number of hydrogen-bond acceptors (Lipinski definition) is 8. The molecule has 0 saturated heterocycles. The minimum atomic E-state index is -0.146. The van der Waals surface area contributed by atoms with Gasteiger partial charge in [0.15, 0.2) is 12.0 Å². The molecule has 0 amide bonds. The first-order chi connectivity index (χ1) is 9.58. The van der Waals surface area contributed by atoms with Crippen LogP contribution in [0.5, 0.6) is 11.8 Å². The Kier molecular flexibility index (Phi) is 6.58. The van der Waals surface area contributed by atoms with Crippen molar-refractivity contribution in [3.05, 3.63) is 22.6 Å². The Balaban J connectivity index is 0.000000200. The molecule has 2 aromatic heterocycles. The second-order valence-electron chi connectivity index (χ2n) is 3.52. The van der Waals surface area contributed by atoms with Gasteiger partial charge in [0.25, 0.3) is 11.8 Å². The summed E-state index contributed by atoms with van der Waals surface area (Å²) >= 11 is 0. The Bertz CT molecular complexity index is 547. The van der Waals surface area contributed by atoms with Gasteiger partial charge in [-0.15, -0.1) is 0 Å². The third-order valence-electron chi connectivity index (χ3n) is 2.37. The lowest BCUT2D eigenvalue weighted by Gasteiger charge is -1.90. The minimum Gasteiger partial charge on any atom is -0.461 e. The van der Waals surface area contributed by atoms with Gasteiger partial charge < -0.3 is 23.2 Å². The summed E-state index contributed by atoms with van der Waals surface area (Å²) in [5.41, 5.74) is 1.35. The molecule has 10 heteroatoms. The topological polar surface area (TPSA) is 108 Å². The van der Waals surface area contributed by atoms with Crippen LogP contribution in [0.3, 0.4) is 0 Å². The normalized spacial score (nSPS) is 9.65. The van der Waals surface area contributed by atoms with Crippen molar-refractivity contribution in [1.29, 1.82) is 0 Å². The number of aromatic nitrogens is 2. The molecule has 2 atom stereocenters. The SMILES string of the molecule is Cc1c(OP)noc1C=O.Cc1c(OP)noc1CO. The summed E-state index contributed by atoms with van der Waals surface area (Å²) in [5, 5.41) is 15.6. The zero-order valence-corrected chi connectivity index (χ0v) is 13.1. The van der Waals surface area contributed by atoms with Gasteiger partial charge >= 0.3 is 0 Å². The van der Waals surface area contributed by atoms with E-state index in [0.29, 0.717) is 29.4 Å². The number of nitrogens with zero attached hydrogens (tertiary/aromatic N) is 2. The third kappa shape index (κ3) is 3.76. The van der Waals surface area contributed by atoms with Crippen molar-refractivity contribution in [2.75, 3.05) is 0 Å².